The van der Waals surface area contributed by atoms with Crippen LogP contribution >= 0.6 is 0 Å². The van der Waals surface area contributed by atoms with Crippen molar-refractivity contribution in [3.05, 3.63) is 24.3 Å². The maximum Gasteiger partial charge on any atom is 0.240 e. The Hall–Kier alpha value is -1.64. The topological polar surface area (TPSA) is 41.9 Å². The first-order valence-electron chi connectivity index (χ1n) is 5.81. The first-order chi connectivity index (χ1) is 8.28. The van der Waals surface area contributed by atoms with Gasteiger partial charge in [0.1, 0.15) is 11.9 Å². The minimum atomic E-state index is 0.298. The first-order valence-corrected chi connectivity index (χ1v) is 5.81. The van der Waals surface area contributed by atoms with Crippen LogP contribution < -0.4 is 4.74 Å². The number of nitrogens with zero attached hydrogens (tertiary/aromatic N) is 2. The molecule has 0 radical (unpaired) electrons. The van der Waals surface area contributed by atoms with Crippen molar-refractivity contribution in [2.45, 2.75) is 18.9 Å². The summed E-state index contributed by atoms with van der Waals surface area (Å²) in [5.41, 5.74) is 0.607. The van der Waals surface area contributed by atoms with Gasteiger partial charge in [0.2, 0.25) is 6.08 Å². The summed E-state index contributed by atoms with van der Waals surface area (Å²) in [7, 11) is 2.13. The lowest BCUT2D eigenvalue weighted by Crippen LogP contribution is -2.35. The number of ether oxygens (including phenoxy) is 1. The molecule has 0 unspecified atom stereocenters. The van der Waals surface area contributed by atoms with E-state index in [4.69, 9.17) is 4.74 Å². The Labute approximate surface area is 101 Å². The molecule has 0 amide bonds. The third-order valence-corrected chi connectivity index (χ3v) is 2.98. The Morgan fingerprint density at radius 2 is 1.94 bits per heavy atom. The van der Waals surface area contributed by atoms with E-state index in [-0.39, 0.29) is 0 Å². The van der Waals surface area contributed by atoms with Crippen LogP contribution in [-0.4, -0.2) is 37.2 Å². The minimum absolute atomic E-state index is 0.298. The maximum absolute atomic E-state index is 10.1. The Morgan fingerprint density at radius 1 is 1.29 bits per heavy atom. The molecular formula is C13H16N2O2. The highest BCUT2D eigenvalue weighted by molar-refractivity contribution is 5.50. The first kappa shape index (κ1) is 11.8. The van der Waals surface area contributed by atoms with E-state index in [0.717, 1.165) is 31.7 Å². The van der Waals surface area contributed by atoms with Crippen molar-refractivity contribution in [2.75, 3.05) is 20.1 Å². The predicted molar refractivity (Wildman–Crippen MR) is 65.4 cm³/mol. The summed E-state index contributed by atoms with van der Waals surface area (Å²) in [6.45, 7) is 2.16. The van der Waals surface area contributed by atoms with Crippen LogP contribution in [0.1, 0.15) is 12.8 Å². The molecule has 4 heteroatoms. The molecule has 1 fully saturated rings. The van der Waals surface area contributed by atoms with Crippen molar-refractivity contribution in [1.29, 1.82) is 0 Å². The molecule has 1 aliphatic rings. The van der Waals surface area contributed by atoms with Crippen LogP contribution in [0.2, 0.25) is 0 Å². The number of isocyanates is 1. The third-order valence-electron chi connectivity index (χ3n) is 2.98. The van der Waals surface area contributed by atoms with E-state index < -0.39 is 0 Å². The smallest absolute Gasteiger partial charge is 0.240 e. The van der Waals surface area contributed by atoms with E-state index in [1.165, 1.54) is 6.08 Å². The highest BCUT2D eigenvalue weighted by Gasteiger charge is 2.17. The number of benzene rings is 1. The Balaban J connectivity index is 1.92. The van der Waals surface area contributed by atoms with Crippen molar-refractivity contribution < 1.29 is 9.53 Å². The molecule has 4 nitrogen and oxygen atoms in total. The van der Waals surface area contributed by atoms with E-state index >= 15 is 0 Å². The van der Waals surface area contributed by atoms with Crippen LogP contribution in [0.15, 0.2) is 29.3 Å². The lowest BCUT2D eigenvalue weighted by molar-refractivity contribution is 0.114. The largest absolute Gasteiger partial charge is 0.490 e. The van der Waals surface area contributed by atoms with Gasteiger partial charge in [0.05, 0.1) is 5.69 Å². The molecular weight excluding hydrogens is 216 g/mol. The van der Waals surface area contributed by atoms with Crippen LogP contribution in [0.5, 0.6) is 5.75 Å². The van der Waals surface area contributed by atoms with Gasteiger partial charge in [-0.1, -0.05) is 0 Å². The molecule has 1 saturated heterocycles. The SMILES string of the molecule is CN1CCC(Oc2ccc(N=C=O)cc2)CC1. The molecule has 0 aliphatic carbocycles. The van der Waals surface area contributed by atoms with E-state index in [9.17, 15) is 4.79 Å². The Kier molecular flexibility index (Phi) is 3.91. The number of likely N-dealkylation sites (tertiary alicyclic amines) is 1. The molecule has 0 N–H and O–H groups in total. The zero-order valence-corrected chi connectivity index (χ0v) is 9.93. The fourth-order valence-electron chi connectivity index (χ4n) is 1.95. The van der Waals surface area contributed by atoms with Gasteiger partial charge in [0.25, 0.3) is 0 Å². The average molecular weight is 232 g/mol. The van der Waals surface area contributed by atoms with Gasteiger partial charge in [-0.2, -0.15) is 4.99 Å². The van der Waals surface area contributed by atoms with E-state index in [2.05, 4.69) is 16.9 Å². The second-order valence-electron chi connectivity index (χ2n) is 4.32. The highest BCUT2D eigenvalue weighted by atomic mass is 16.5. The summed E-state index contributed by atoms with van der Waals surface area (Å²) in [5.74, 6) is 0.837. The molecule has 0 atom stereocenters. The molecule has 90 valence electrons. The molecule has 0 bridgehead atoms. The van der Waals surface area contributed by atoms with Crippen LogP contribution in [0.25, 0.3) is 0 Å². The van der Waals surface area contributed by atoms with Gasteiger partial charge < -0.3 is 9.64 Å². The number of hydrogen-bond acceptors (Lipinski definition) is 4. The zero-order chi connectivity index (χ0) is 12.1. The average Bonchev–Trinajstić information content (AvgIpc) is 2.35. The molecule has 0 saturated carbocycles. The normalized spacial score (nSPS) is 17.5. The van der Waals surface area contributed by atoms with Crippen molar-refractivity contribution in [1.82, 2.24) is 4.90 Å². The summed E-state index contributed by atoms with van der Waals surface area (Å²) in [6, 6.07) is 7.20. The van der Waals surface area contributed by atoms with Gasteiger partial charge in [-0.05, 0) is 44.2 Å². The number of hydrogen-bond donors (Lipinski definition) is 0. The number of piperidine rings is 1. The van der Waals surface area contributed by atoms with Crippen molar-refractivity contribution in [3.8, 4) is 5.75 Å². The number of carbonyl (C=O) groups excluding carboxylic acids is 1. The quantitative estimate of drug-likeness (QED) is 0.592. The Morgan fingerprint density at radius 3 is 2.53 bits per heavy atom. The summed E-state index contributed by atoms with van der Waals surface area (Å²) >= 11 is 0. The van der Waals surface area contributed by atoms with Gasteiger partial charge in [0, 0.05) is 13.1 Å². The van der Waals surface area contributed by atoms with Crippen LogP contribution in [0.3, 0.4) is 0 Å². The van der Waals surface area contributed by atoms with E-state index in [0.29, 0.717) is 11.8 Å². The van der Waals surface area contributed by atoms with Crippen LogP contribution in [0, 0.1) is 0 Å². The second kappa shape index (κ2) is 5.62. The molecule has 1 aromatic rings. The standard InChI is InChI=1S/C13H16N2O2/c1-15-8-6-13(7-9-15)17-12-4-2-11(3-5-12)14-10-16/h2-5,13H,6-9H2,1H3. The number of rotatable bonds is 3. The summed E-state index contributed by atoms with van der Waals surface area (Å²) in [4.78, 5) is 15.9. The van der Waals surface area contributed by atoms with Crippen molar-refractivity contribution in [2.24, 2.45) is 4.99 Å². The third kappa shape index (κ3) is 3.41. The molecule has 0 aromatic heterocycles. The summed E-state index contributed by atoms with van der Waals surface area (Å²) in [5, 5.41) is 0. The van der Waals surface area contributed by atoms with Crippen LogP contribution in [-0.2, 0) is 4.79 Å². The van der Waals surface area contributed by atoms with Gasteiger partial charge in [-0.15, -0.1) is 0 Å². The van der Waals surface area contributed by atoms with Crippen LogP contribution in [0.4, 0.5) is 5.69 Å². The minimum Gasteiger partial charge on any atom is -0.490 e. The Bertz CT molecular complexity index is 402. The molecule has 1 aromatic carbocycles. The fraction of sp³-hybridized carbons (Fsp3) is 0.462. The van der Waals surface area contributed by atoms with Crippen molar-refractivity contribution in [3.63, 3.8) is 0 Å². The van der Waals surface area contributed by atoms with Gasteiger partial charge in [0.15, 0.2) is 0 Å². The second-order valence-corrected chi connectivity index (χ2v) is 4.32. The van der Waals surface area contributed by atoms with Crippen molar-refractivity contribution >= 4 is 11.8 Å². The maximum atomic E-state index is 10.1. The molecule has 1 heterocycles. The molecule has 2 rings (SSSR count). The highest BCUT2D eigenvalue weighted by Crippen LogP contribution is 2.21. The predicted octanol–water partition coefficient (Wildman–Crippen LogP) is 2.13. The zero-order valence-electron chi connectivity index (χ0n) is 9.93. The lowest BCUT2D eigenvalue weighted by atomic mass is 10.1. The van der Waals surface area contributed by atoms with Gasteiger partial charge >= 0.3 is 0 Å². The summed E-state index contributed by atoms with van der Waals surface area (Å²) in [6.07, 6.45) is 3.94. The lowest BCUT2D eigenvalue weighted by Gasteiger charge is -2.29. The van der Waals surface area contributed by atoms with E-state index in [1.807, 2.05) is 12.1 Å². The summed E-state index contributed by atoms with van der Waals surface area (Å²) < 4.78 is 5.87. The number of aliphatic imine (C=N–C) groups is 1. The molecule has 0 spiro atoms. The van der Waals surface area contributed by atoms with Gasteiger partial charge in [-0.3, -0.25) is 0 Å². The fourth-order valence-corrected chi connectivity index (χ4v) is 1.95. The molecule has 1 aliphatic heterocycles. The molecule has 17 heavy (non-hydrogen) atoms. The van der Waals surface area contributed by atoms with Gasteiger partial charge in [-0.25, -0.2) is 4.79 Å². The monoisotopic (exact) mass is 232 g/mol. The van der Waals surface area contributed by atoms with E-state index in [1.54, 1.807) is 12.1 Å².